The Bertz CT molecular complexity index is 746. The first-order valence-corrected chi connectivity index (χ1v) is 6.01. The van der Waals surface area contributed by atoms with Gasteiger partial charge in [0.2, 0.25) is 0 Å². The molecule has 0 aliphatic carbocycles. The highest BCUT2D eigenvalue weighted by molar-refractivity contribution is 9.10. The summed E-state index contributed by atoms with van der Waals surface area (Å²) >= 11 is 3.46. The molecule has 4 heteroatoms. The van der Waals surface area contributed by atoms with Crippen molar-refractivity contribution in [2.75, 3.05) is 0 Å². The SMILES string of the molecule is Cc1cc2nc(C=O)cn2c2cc(Br)ccc12. The van der Waals surface area contributed by atoms with Gasteiger partial charge in [-0.25, -0.2) is 4.98 Å². The van der Waals surface area contributed by atoms with Gasteiger partial charge in [-0.05, 0) is 30.7 Å². The Labute approximate surface area is 106 Å². The number of hydrogen-bond acceptors (Lipinski definition) is 2. The highest BCUT2D eigenvalue weighted by atomic mass is 79.9. The molecule has 0 fully saturated rings. The van der Waals surface area contributed by atoms with Crippen LogP contribution in [0.4, 0.5) is 0 Å². The molecule has 0 aliphatic heterocycles. The minimum absolute atomic E-state index is 0.455. The van der Waals surface area contributed by atoms with E-state index < -0.39 is 0 Å². The van der Waals surface area contributed by atoms with E-state index in [2.05, 4.69) is 27.0 Å². The predicted octanol–water partition coefficient (Wildman–Crippen LogP) is 3.37. The van der Waals surface area contributed by atoms with E-state index in [1.165, 1.54) is 0 Å². The Morgan fingerprint density at radius 1 is 1.35 bits per heavy atom. The van der Waals surface area contributed by atoms with Gasteiger partial charge in [-0.15, -0.1) is 0 Å². The van der Waals surface area contributed by atoms with Gasteiger partial charge in [0.25, 0.3) is 0 Å². The summed E-state index contributed by atoms with van der Waals surface area (Å²) in [5.74, 6) is 0. The minimum Gasteiger partial charge on any atom is -0.299 e. The van der Waals surface area contributed by atoms with Gasteiger partial charge in [-0.2, -0.15) is 0 Å². The molecule has 84 valence electrons. The number of nitrogens with zero attached hydrogens (tertiary/aromatic N) is 2. The van der Waals surface area contributed by atoms with Crippen LogP contribution in [0.25, 0.3) is 16.6 Å². The normalized spacial score (nSPS) is 11.2. The average Bonchev–Trinajstić information content (AvgIpc) is 2.72. The summed E-state index contributed by atoms with van der Waals surface area (Å²) < 4.78 is 2.95. The number of benzene rings is 1. The maximum absolute atomic E-state index is 10.8. The third-order valence-electron chi connectivity index (χ3n) is 2.86. The topological polar surface area (TPSA) is 34.4 Å². The van der Waals surface area contributed by atoms with E-state index in [-0.39, 0.29) is 0 Å². The Kier molecular flexibility index (Phi) is 2.26. The van der Waals surface area contributed by atoms with Crippen molar-refractivity contribution in [3.8, 4) is 0 Å². The molecule has 2 heterocycles. The van der Waals surface area contributed by atoms with Crippen molar-refractivity contribution >= 4 is 38.8 Å². The van der Waals surface area contributed by atoms with Crippen molar-refractivity contribution in [1.29, 1.82) is 0 Å². The summed E-state index contributed by atoms with van der Waals surface area (Å²) in [4.78, 5) is 15.0. The molecule has 3 aromatic rings. The smallest absolute Gasteiger partial charge is 0.170 e. The molecular weight excluding hydrogens is 280 g/mol. The van der Waals surface area contributed by atoms with E-state index >= 15 is 0 Å². The summed E-state index contributed by atoms with van der Waals surface area (Å²) in [6, 6.07) is 8.10. The zero-order chi connectivity index (χ0) is 12.0. The maximum Gasteiger partial charge on any atom is 0.170 e. The van der Waals surface area contributed by atoms with Crippen LogP contribution < -0.4 is 0 Å². The molecule has 0 amide bonds. The summed E-state index contributed by atoms with van der Waals surface area (Å²) in [5.41, 5.74) is 3.46. The average molecular weight is 289 g/mol. The molecule has 0 atom stereocenters. The second kappa shape index (κ2) is 3.67. The van der Waals surface area contributed by atoms with Gasteiger partial charge in [0.1, 0.15) is 11.3 Å². The largest absolute Gasteiger partial charge is 0.299 e. The highest BCUT2D eigenvalue weighted by Crippen LogP contribution is 2.24. The lowest BCUT2D eigenvalue weighted by Crippen LogP contribution is -1.89. The molecule has 0 spiro atoms. The standard InChI is InChI=1S/C13H9BrN2O/c1-8-4-13-15-10(7-17)6-16(13)12-5-9(14)2-3-11(8)12/h2-7H,1H3. The number of carbonyl (C=O) groups excluding carboxylic acids is 1. The lowest BCUT2D eigenvalue weighted by molar-refractivity contribution is 0.111. The monoisotopic (exact) mass is 288 g/mol. The molecule has 0 bridgehead atoms. The Morgan fingerprint density at radius 2 is 2.18 bits per heavy atom. The molecule has 0 aliphatic rings. The van der Waals surface area contributed by atoms with Gasteiger partial charge in [0, 0.05) is 16.1 Å². The number of hydrogen-bond donors (Lipinski definition) is 0. The minimum atomic E-state index is 0.455. The van der Waals surface area contributed by atoms with Gasteiger partial charge in [0.05, 0.1) is 5.52 Å². The van der Waals surface area contributed by atoms with Gasteiger partial charge >= 0.3 is 0 Å². The second-order valence-corrected chi connectivity index (χ2v) is 4.92. The van der Waals surface area contributed by atoms with Crippen LogP contribution in [0.3, 0.4) is 0 Å². The molecule has 0 radical (unpaired) electrons. The first-order valence-electron chi connectivity index (χ1n) is 5.22. The van der Waals surface area contributed by atoms with Crippen LogP contribution in [0.1, 0.15) is 16.1 Å². The van der Waals surface area contributed by atoms with E-state index in [4.69, 9.17) is 0 Å². The van der Waals surface area contributed by atoms with Crippen molar-refractivity contribution in [1.82, 2.24) is 9.38 Å². The van der Waals surface area contributed by atoms with Crippen LogP contribution >= 0.6 is 15.9 Å². The Balaban J connectivity index is 2.55. The fraction of sp³-hybridized carbons (Fsp3) is 0.0769. The zero-order valence-electron chi connectivity index (χ0n) is 9.14. The van der Waals surface area contributed by atoms with Crippen LogP contribution in [0, 0.1) is 6.92 Å². The van der Waals surface area contributed by atoms with Crippen LogP contribution in [-0.4, -0.2) is 15.7 Å². The van der Waals surface area contributed by atoms with Crippen molar-refractivity contribution in [2.24, 2.45) is 0 Å². The van der Waals surface area contributed by atoms with E-state index in [1.54, 1.807) is 6.20 Å². The number of rotatable bonds is 1. The fourth-order valence-corrected chi connectivity index (χ4v) is 2.42. The van der Waals surface area contributed by atoms with E-state index in [0.29, 0.717) is 5.69 Å². The van der Waals surface area contributed by atoms with Crippen LogP contribution in [0.15, 0.2) is 34.9 Å². The highest BCUT2D eigenvalue weighted by Gasteiger charge is 2.07. The molecule has 17 heavy (non-hydrogen) atoms. The number of aldehydes is 1. The maximum atomic E-state index is 10.8. The second-order valence-electron chi connectivity index (χ2n) is 4.00. The quantitative estimate of drug-likeness (QED) is 0.644. The molecule has 3 nitrogen and oxygen atoms in total. The fourth-order valence-electron chi connectivity index (χ4n) is 2.07. The predicted molar refractivity (Wildman–Crippen MR) is 70.5 cm³/mol. The van der Waals surface area contributed by atoms with Crippen molar-refractivity contribution in [3.05, 3.63) is 46.2 Å². The Morgan fingerprint density at radius 3 is 2.94 bits per heavy atom. The third kappa shape index (κ3) is 1.56. The van der Waals surface area contributed by atoms with Crippen molar-refractivity contribution in [3.63, 3.8) is 0 Å². The van der Waals surface area contributed by atoms with E-state index in [1.807, 2.05) is 29.5 Å². The first-order chi connectivity index (χ1) is 8.19. The number of pyridine rings is 1. The van der Waals surface area contributed by atoms with E-state index in [9.17, 15) is 4.79 Å². The number of fused-ring (bicyclic) bond motifs is 3. The number of halogens is 1. The molecule has 0 saturated carbocycles. The van der Waals surface area contributed by atoms with Crippen molar-refractivity contribution < 1.29 is 4.79 Å². The number of imidazole rings is 1. The van der Waals surface area contributed by atoms with Crippen LogP contribution in [0.2, 0.25) is 0 Å². The number of aryl methyl sites for hydroxylation is 1. The lowest BCUT2D eigenvalue weighted by Gasteiger charge is -2.05. The first kappa shape index (κ1) is 10.5. The Hall–Kier alpha value is -1.68. The summed E-state index contributed by atoms with van der Waals surface area (Å²) in [7, 11) is 0. The van der Waals surface area contributed by atoms with Gasteiger partial charge < -0.3 is 0 Å². The summed E-state index contributed by atoms with van der Waals surface area (Å²) in [6.45, 7) is 2.05. The van der Waals surface area contributed by atoms with Crippen molar-refractivity contribution in [2.45, 2.75) is 6.92 Å². The lowest BCUT2D eigenvalue weighted by atomic mass is 10.1. The summed E-state index contributed by atoms with van der Waals surface area (Å²) in [6.07, 6.45) is 2.53. The number of carbonyl (C=O) groups is 1. The molecule has 3 rings (SSSR count). The molecule has 2 aromatic heterocycles. The zero-order valence-corrected chi connectivity index (χ0v) is 10.7. The molecule has 0 N–H and O–H groups in total. The molecular formula is C13H9BrN2O. The van der Waals surface area contributed by atoms with Gasteiger partial charge in [-0.3, -0.25) is 9.20 Å². The third-order valence-corrected chi connectivity index (χ3v) is 3.36. The molecule has 1 aromatic carbocycles. The molecule has 0 unspecified atom stereocenters. The van der Waals surface area contributed by atoms with Gasteiger partial charge in [-0.1, -0.05) is 22.0 Å². The molecule has 0 saturated heterocycles. The van der Waals surface area contributed by atoms with Crippen LogP contribution in [-0.2, 0) is 0 Å². The van der Waals surface area contributed by atoms with Crippen LogP contribution in [0.5, 0.6) is 0 Å². The number of aromatic nitrogens is 2. The van der Waals surface area contributed by atoms with E-state index in [0.717, 1.165) is 32.9 Å². The van der Waals surface area contributed by atoms with Gasteiger partial charge in [0.15, 0.2) is 6.29 Å². The summed E-state index contributed by atoms with van der Waals surface area (Å²) in [5, 5.41) is 1.16.